The number of aliphatic hydroxyl groups excluding tert-OH is 1. The molecule has 3 saturated carbocycles. The summed E-state index contributed by atoms with van der Waals surface area (Å²) in [5, 5.41) is 31.8. The second kappa shape index (κ2) is 5.74. The van der Waals surface area contributed by atoms with E-state index in [-0.39, 0.29) is 36.4 Å². The van der Waals surface area contributed by atoms with Crippen LogP contribution in [0.15, 0.2) is 11.6 Å². The van der Waals surface area contributed by atoms with Crippen molar-refractivity contribution in [1.29, 1.82) is 0 Å². The van der Waals surface area contributed by atoms with Crippen molar-refractivity contribution in [2.24, 2.45) is 34.5 Å². The van der Waals surface area contributed by atoms with Gasteiger partial charge in [-0.15, -0.1) is 0 Å². The maximum Gasteiger partial charge on any atom is 0.336 e. The van der Waals surface area contributed by atoms with Crippen LogP contribution < -0.4 is 0 Å². The van der Waals surface area contributed by atoms with E-state index in [1.807, 2.05) is 13.8 Å². The number of ketones is 1. The summed E-state index contributed by atoms with van der Waals surface area (Å²) < 4.78 is 0. The monoisotopic (exact) mass is 376 g/mol. The fourth-order valence-electron chi connectivity index (χ4n) is 7.29. The van der Waals surface area contributed by atoms with Gasteiger partial charge in [0.05, 0.1) is 12.0 Å². The first kappa shape index (κ1) is 18.8. The average Bonchev–Trinajstić information content (AvgIpc) is 2.87. The highest BCUT2D eigenvalue weighted by Gasteiger charge is 2.69. The summed E-state index contributed by atoms with van der Waals surface area (Å²) >= 11 is 0. The number of rotatable bonds is 2. The third-order valence-corrected chi connectivity index (χ3v) is 8.67. The van der Waals surface area contributed by atoms with Crippen LogP contribution in [0.1, 0.15) is 52.4 Å². The Morgan fingerprint density at radius 2 is 1.96 bits per heavy atom. The van der Waals surface area contributed by atoms with Gasteiger partial charge in [0.1, 0.15) is 6.29 Å². The molecule has 3 unspecified atom stereocenters. The molecule has 148 valence electrons. The molecule has 0 aromatic rings. The molecule has 3 N–H and O–H groups in total. The molecule has 4 aliphatic rings. The molecule has 0 radical (unpaired) electrons. The highest BCUT2D eigenvalue weighted by Crippen LogP contribution is 2.67. The second-order valence-electron chi connectivity index (χ2n) is 9.66. The van der Waals surface area contributed by atoms with E-state index in [1.54, 1.807) is 6.08 Å². The van der Waals surface area contributed by atoms with Gasteiger partial charge in [-0.3, -0.25) is 4.79 Å². The smallest absolute Gasteiger partial charge is 0.336 e. The highest BCUT2D eigenvalue weighted by molar-refractivity contribution is 6.02. The van der Waals surface area contributed by atoms with Crippen molar-refractivity contribution in [3.05, 3.63) is 11.6 Å². The number of fused-ring (bicyclic) bond motifs is 5. The molecule has 6 heteroatoms. The van der Waals surface area contributed by atoms with Crippen molar-refractivity contribution >= 4 is 18.0 Å². The van der Waals surface area contributed by atoms with Crippen molar-refractivity contribution in [2.75, 3.05) is 0 Å². The molecule has 0 aliphatic heterocycles. The lowest BCUT2D eigenvalue weighted by molar-refractivity contribution is -0.195. The maximum atomic E-state index is 12.2. The molecule has 0 aromatic carbocycles. The van der Waals surface area contributed by atoms with Crippen LogP contribution in [-0.2, 0) is 14.4 Å². The third-order valence-electron chi connectivity index (χ3n) is 8.67. The molecule has 4 rings (SSSR count). The quantitative estimate of drug-likeness (QED) is 0.500. The molecule has 6 nitrogen and oxygen atoms in total. The van der Waals surface area contributed by atoms with Crippen LogP contribution in [0.4, 0.5) is 0 Å². The van der Waals surface area contributed by atoms with Crippen molar-refractivity contribution in [1.82, 2.24) is 0 Å². The third kappa shape index (κ3) is 2.23. The summed E-state index contributed by atoms with van der Waals surface area (Å²) in [7, 11) is 0. The lowest BCUT2D eigenvalue weighted by Gasteiger charge is -2.60. The number of hydrogen-bond acceptors (Lipinski definition) is 5. The maximum absolute atomic E-state index is 12.2. The van der Waals surface area contributed by atoms with Crippen LogP contribution in [0.2, 0.25) is 0 Å². The van der Waals surface area contributed by atoms with Gasteiger partial charge in [-0.25, -0.2) is 4.79 Å². The number of aliphatic carboxylic acids is 1. The van der Waals surface area contributed by atoms with E-state index in [1.165, 1.54) is 0 Å². The van der Waals surface area contributed by atoms with Gasteiger partial charge in [0.15, 0.2) is 11.4 Å². The normalized spacial score (nSPS) is 51.6. The predicted molar refractivity (Wildman–Crippen MR) is 95.6 cm³/mol. The largest absolute Gasteiger partial charge is 0.479 e. The highest BCUT2D eigenvalue weighted by atomic mass is 16.4. The van der Waals surface area contributed by atoms with Gasteiger partial charge in [-0.1, -0.05) is 19.4 Å². The molecule has 0 aromatic heterocycles. The van der Waals surface area contributed by atoms with E-state index in [4.69, 9.17) is 0 Å². The number of aliphatic hydroxyl groups is 2. The Morgan fingerprint density at radius 1 is 1.26 bits per heavy atom. The topological polar surface area (TPSA) is 112 Å². The molecule has 0 bridgehead atoms. The minimum Gasteiger partial charge on any atom is -0.479 e. The molecule has 4 aliphatic carbocycles. The van der Waals surface area contributed by atoms with Crippen LogP contribution in [0.3, 0.4) is 0 Å². The minimum absolute atomic E-state index is 0.0117. The number of allylic oxidation sites excluding steroid dienone is 1. The number of carboxylic acids is 1. The van der Waals surface area contributed by atoms with Gasteiger partial charge in [0.2, 0.25) is 0 Å². The van der Waals surface area contributed by atoms with Crippen molar-refractivity contribution in [3.63, 3.8) is 0 Å². The Kier molecular flexibility index (Phi) is 4.00. The Bertz CT molecular complexity index is 743. The molecule has 8 atom stereocenters. The first-order valence-corrected chi connectivity index (χ1v) is 9.92. The molecular weight excluding hydrogens is 348 g/mol. The summed E-state index contributed by atoms with van der Waals surface area (Å²) in [6, 6.07) is 0. The summed E-state index contributed by atoms with van der Waals surface area (Å²) in [6.07, 6.45) is 4.51. The number of carbonyl (C=O) groups is 3. The van der Waals surface area contributed by atoms with Crippen LogP contribution in [0.25, 0.3) is 0 Å². The Balaban J connectivity index is 1.76. The lowest BCUT2D eigenvalue weighted by Crippen LogP contribution is -2.62. The second-order valence-corrected chi connectivity index (χ2v) is 9.66. The summed E-state index contributed by atoms with van der Waals surface area (Å²) in [5.74, 6) is -2.05. The van der Waals surface area contributed by atoms with Gasteiger partial charge in [0, 0.05) is 5.41 Å². The summed E-state index contributed by atoms with van der Waals surface area (Å²) in [4.78, 5) is 35.4. The fraction of sp³-hybridized carbons (Fsp3) is 0.762. The first-order valence-electron chi connectivity index (χ1n) is 9.92. The van der Waals surface area contributed by atoms with Gasteiger partial charge < -0.3 is 20.1 Å². The molecule has 3 fully saturated rings. The molecular formula is C21H28O6. The van der Waals surface area contributed by atoms with E-state index in [0.29, 0.717) is 19.1 Å². The Labute approximate surface area is 158 Å². The number of hydrogen-bond donors (Lipinski definition) is 3. The van der Waals surface area contributed by atoms with Gasteiger partial charge >= 0.3 is 5.97 Å². The van der Waals surface area contributed by atoms with Crippen molar-refractivity contribution in [3.8, 4) is 0 Å². The molecule has 0 spiro atoms. The summed E-state index contributed by atoms with van der Waals surface area (Å²) in [5.41, 5.74) is -2.10. The summed E-state index contributed by atoms with van der Waals surface area (Å²) in [6.45, 7) is 3.85. The zero-order chi connectivity index (χ0) is 19.8. The number of carboxylic acid groups (broad SMARTS) is 1. The van der Waals surface area contributed by atoms with E-state index in [2.05, 4.69) is 0 Å². The van der Waals surface area contributed by atoms with Crippen LogP contribution in [0, 0.1) is 34.5 Å². The van der Waals surface area contributed by atoms with Gasteiger partial charge in [0.25, 0.3) is 0 Å². The number of aldehydes is 1. The zero-order valence-electron chi connectivity index (χ0n) is 15.9. The molecule has 0 amide bonds. The first-order chi connectivity index (χ1) is 12.6. The van der Waals surface area contributed by atoms with Crippen LogP contribution in [0.5, 0.6) is 0 Å². The predicted octanol–water partition coefficient (Wildman–Crippen LogP) is 1.73. The Morgan fingerprint density at radius 3 is 2.59 bits per heavy atom. The van der Waals surface area contributed by atoms with E-state index >= 15 is 0 Å². The van der Waals surface area contributed by atoms with Crippen LogP contribution in [-0.4, -0.2) is 45.1 Å². The zero-order valence-corrected chi connectivity index (χ0v) is 15.9. The van der Waals surface area contributed by atoms with Gasteiger partial charge in [-0.2, -0.15) is 0 Å². The average molecular weight is 376 g/mol. The Hall–Kier alpha value is -1.53. The molecule has 27 heavy (non-hydrogen) atoms. The standard InChI is InChI=1S/C21H28O6/c1-19-8-11(10-22)15(23)7-12(19)3-4-13-14-5-6-21(27,18(25)26)20(14,2)9-16(24)17(13)19/h7,10-11,13-14,16-17,24,27H,3-6,8-9H2,1-2H3,(H,25,26)/t11?,13-,14?,16-,17?,19-,20-,21-/m0/s1. The van der Waals surface area contributed by atoms with E-state index in [9.17, 15) is 29.7 Å². The SMILES string of the molecule is C[C@]12CC(C=O)C(=O)C=C1CC[C@@H]1C2[C@@H](O)C[C@@]2(C)C1CC[C@]2(O)C(=O)O. The van der Waals surface area contributed by atoms with Gasteiger partial charge in [-0.05, 0) is 67.8 Å². The van der Waals surface area contributed by atoms with E-state index in [0.717, 1.165) is 18.4 Å². The van der Waals surface area contributed by atoms with E-state index < -0.39 is 34.4 Å². The molecule has 0 heterocycles. The minimum atomic E-state index is -1.81. The molecule has 0 saturated heterocycles. The lowest BCUT2D eigenvalue weighted by atomic mass is 9.45. The van der Waals surface area contributed by atoms with Crippen molar-refractivity contribution in [2.45, 2.75) is 64.1 Å². The van der Waals surface area contributed by atoms with Crippen molar-refractivity contribution < 1.29 is 29.7 Å². The van der Waals surface area contributed by atoms with Crippen LogP contribution >= 0.6 is 0 Å². The number of carbonyl (C=O) groups excluding carboxylic acids is 2. The fourth-order valence-corrected chi connectivity index (χ4v) is 7.29.